The van der Waals surface area contributed by atoms with Crippen LogP contribution in [0.1, 0.15) is 31.4 Å². The molecule has 2 N–H and O–H groups in total. The molecule has 3 aromatic rings. The van der Waals surface area contributed by atoms with Gasteiger partial charge >= 0.3 is 0 Å². The van der Waals surface area contributed by atoms with E-state index in [2.05, 4.69) is 38.7 Å². The van der Waals surface area contributed by atoms with Crippen molar-refractivity contribution in [1.82, 2.24) is 10.6 Å². The summed E-state index contributed by atoms with van der Waals surface area (Å²) >= 11 is 3.54. The van der Waals surface area contributed by atoms with Crippen molar-refractivity contribution in [1.29, 1.82) is 0 Å². The van der Waals surface area contributed by atoms with E-state index in [0.29, 0.717) is 25.9 Å². The lowest BCUT2D eigenvalue weighted by molar-refractivity contribution is -0.128. The highest BCUT2D eigenvalue weighted by Gasteiger charge is 2.33. The van der Waals surface area contributed by atoms with Crippen LogP contribution in [0.2, 0.25) is 0 Å². The van der Waals surface area contributed by atoms with Crippen LogP contribution in [0.15, 0.2) is 59.1 Å². The largest absolute Gasteiger partial charge is 0.496 e. The van der Waals surface area contributed by atoms with Gasteiger partial charge in [0, 0.05) is 15.7 Å². The Kier molecular flexibility index (Phi) is 7.54. The Labute approximate surface area is 208 Å². The van der Waals surface area contributed by atoms with Gasteiger partial charge < -0.3 is 20.3 Å². The second-order valence-corrected chi connectivity index (χ2v) is 9.46. The Bertz CT molecular complexity index is 1210. The summed E-state index contributed by atoms with van der Waals surface area (Å²) in [7, 11) is 1.65. The summed E-state index contributed by atoms with van der Waals surface area (Å²) in [5, 5.41) is 8.19. The number of fused-ring (bicyclic) bond motifs is 2. The van der Waals surface area contributed by atoms with Gasteiger partial charge in [0.05, 0.1) is 19.7 Å². The number of amides is 2. The van der Waals surface area contributed by atoms with Gasteiger partial charge in [-0.3, -0.25) is 9.59 Å². The van der Waals surface area contributed by atoms with Crippen LogP contribution >= 0.6 is 15.9 Å². The fourth-order valence-electron chi connectivity index (χ4n) is 4.57. The number of likely N-dealkylation sites (N-methyl/N-ethyl adjacent to an activating group) is 1. The summed E-state index contributed by atoms with van der Waals surface area (Å²) in [6.45, 7) is 4.79. The van der Waals surface area contributed by atoms with E-state index in [1.54, 1.807) is 12.0 Å². The molecule has 4 rings (SSSR count). The van der Waals surface area contributed by atoms with Crippen molar-refractivity contribution < 1.29 is 14.3 Å². The molecule has 2 amide bonds. The van der Waals surface area contributed by atoms with Gasteiger partial charge in [-0.2, -0.15) is 0 Å². The summed E-state index contributed by atoms with van der Waals surface area (Å²) in [4.78, 5) is 28.4. The first-order valence-electron chi connectivity index (χ1n) is 11.6. The van der Waals surface area contributed by atoms with E-state index in [1.165, 1.54) is 0 Å². The highest BCUT2D eigenvalue weighted by molar-refractivity contribution is 9.10. The molecule has 0 radical (unpaired) electrons. The Morgan fingerprint density at radius 1 is 1.21 bits per heavy atom. The second-order valence-electron chi connectivity index (χ2n) is 8.54. The first kappa shape index (κ1) is 24.2. The predicted molar refractivity (Wildman–Crippen MR) is 139 cm³/mol. The summed E-state index contributed by atoms with van der Waals surface area (Å²) in [6.07, 6.45) is 1.26. The van der Waals surface area contributed by atoms with Crippen molar-refractivity contribution in [3.05, 3.63) is 70.2 Å². The standard InChI is InChI=1S/C27H30BrN3O3/c1-4-29-17(2)26(32)30-23-13-9-18-7-5-6-8-24(18)31(27(23)33)16-22-21-12-11-20(28)15-19(21)10-14-25(22)34-3/h5-8,10-12,14-15,17,23,29H,4,9,13,16H2,1-3H3,(H,30,32)/t17-,23?/m0/s1. The van der Waals surface area contributed by atoms with Gasteiger partial charge in [0.1, 0.15) is 11.8 Å². The molecule has 0 saturated heterocycles. The van der Waals surface area contributed by atoms with Crippen molar-refractivity contribution >= 4 is 44.2 Å². The molecule has 0 aliphatic carbocycles. The molecule has 0 bridgehead atoms. The zero-order chi connectivity index (χ0) is 24.2. The molecule has 7 heteroatoms. The zero-order valence-corrected chi connectivity index (χ0v) is 21.3. The zero-order valence-electron chi connectivity index (χ0n) is 19.7. The first-order valence-corrected chi connectivity index (χ1v) is 12.4. The summed E-state index contributed by atoms with van der Waals surface area (Å²) in [5.74, 6) is 0.447. The van der Waals surface area contributed by atoms with E-state index in [1.807, 2.05) is 56.3 Å². The number of carbonyl (C=O) groups excluding carboxylic acids is 2. The maximum absolute atomic E-state index is 13.9. The third-order valence-corrected chi connectivity index (χ3v) is 6.85. The van der Waals surface area contributed by atoms with E-state index in [9.17, 15) is 9.59 Å². The minimum Gasteiger partial charge on any atom is -0.496 e. The van der Waals surface area contributed by atoms with E-state index in [0.717, 1.165) is 37.8 Å². The molecule has 34 heavy (non-hydrogen) atoms. The lowest BCUT2D eigenvalue weighted by Gasteiger charge is -2.28. The second kappa shape index (κ2) is 10.6. The highest BCUT2D eigenvalue weighted by Crippen LogP contribution is 2.35. The number of rotatable bonds is 7. The molecular formula is C27H30BrN3O3. The maximum Gasteiger partial charge on any atom is 0.249 e. The predicted octanol–water partition coefficient (Wildman–Crippen LogP) is 4.57. The number of anilines is 1. The number of methoxy groups -OCH3 is 1. The number of para-hydroxylation sites is 1. The molecule has 0 aromatic heterocycles. The number of halogens is 1. The summed E-state index contributed by atoms with van der Waals surface area (Å²) < 4.78 is 6.69. The fourth-order valence-corrected chi connectivity index (χ4v) is 4.94. The molecular weight excluding hydrogens is 494 g/mol. The van der Waals surface area contributed by atoms with Crippen LogP contribution in [-0.4, -0.2) is 37.6 Å². The van der Waals surface area contributed by atoms with Crippen LogP contribution < -0.4 is 20.3 Å². The minimum absolute atomic E-state index is 0.113. The number of carbonyl (C=O) groups is 2. The van der Waals surface area contributed by atoms with Gasteiger partial charge in [-0.15, -0.1) is 0 Å². The third-order valence-electron chi connectivity index (χ3n) is 6.36. The maximum atomic E-state index is 13.9. The average Bonchev–Trinajstić information content (AvgIpc) is 2.96. The Morgan fingerprint density at radius 2 is 2.00 bits per heavy atom. The number of hydrogen-bond acceptors (Lipinski definition) is 4. The fraction of sp³-hybridized carbons (Fsp3) is 0.333. The van der Waals surface area contributed by atoms with Crippen molar-refractivity contribution in [2.75, 3.05) is 18.6 Å². The van der Waals surface area contributed by atoms with Gasteiger partial charge in [-0.05, 0) is 66.9 Å². The lowest BCUT2D eigenvalue weighted by Crippen LogP contribution is -2.52. The molecule has 0 saturated carbocycles. The Morgan fingerprint density at radius 3 is 2.76 bits per heavy atom. The van der Waals surface area contributed by atoms with Crippen molar-refractivity contribution in [2.45, 2.75) is 45.3 Å². The third kappa shape index (κ3) is 4.95. The average molecular weight is 524 g/mol. The molecule has 1 aliphatic heterocycles. The van der Waals surface area contributed by atoms with E-state index >= 15 is 0 Å². The number of hydrogen-bond donors (Lipinski definition) is 2. The SMILES string of the molecule is CCN[C@@H](C)C(=O)NC1CCc2ccccc2N(Cc2c(OC)ccc3cc(Br)ccc23)C1=O. The summed E-state index contributed by atoms with van der Waals surface area (Å²) in [5.41, 5.74) is 2.90. The topological polar surface area (TPSA) is 70.7 Å². The van der Waals surface area contributed by atoms with Crippen LogP contribution in [0.3, 0.4) is 0 Å². The quantitative estimate of drug-likeness (QED) is 0.475. The van der Waals surface area contributed by atoms with E-state index in [-0.39, 0.29) is 17.9 Å². The van der Waals surface area contributed by atoms with Gasteiger partial charge in [-0.1, -0.05) is 53.2 Å². The van der Waals surface area contributed by atoms with E-state index < -0.39 is 6.04 Å². The lowest BCUT2D eigenvalue weighted by atomic mass is 10.0. The molecule has 1 unspecified atom stereocenters. The number of ether oxygens (including phenoxy) is 1. The van der Waals surface area contributed by atoms with Crippen LogP contribution in [0.4, 0.5) is 5.69 Å². The van der Waals surface area contributed by atoms with Crippen LogP contribution in [0, 0.1) is 0 Å². The van der Waals surface area contributed by atoms with Gasteiger partial charge in [0.15, 0.2) is 0 Å². The smallest absolute Gasteiger partial charge is 0.249 e. The summed E-state index contributed by atoms with van der Waals surface area (Å²) in [6, 6.07) is 17.1. The van der Waals surface area contributed by atoms with Crippen LogP contribution in [0.5, 0.6) is 5.75 Å². The molecule has 0 spiro atoms. The van der Waals surface area contributed by atoms with Gasteiger partial charge in [0.2, 0.25) is 11.8 Å². The monoisotopic (exact) mass is 523 g/mol. The normalized spacial score (nSPS) is 16.6. The van der Waals surface area contributed by atoms with Crippen LogP contribution in [0.25, 0.3) is 10.8 Å². The first-order chi connectivity index (χ1) is 16.4. The molecule has 178 valence electrons. The van der Waals surface area contributed by atoms with Crippen LogP contribution in [-0.2, 0) is 22.6 Å². The number of aryl methyl sites for hydroxylation is 1. The van der Waals surface area contributed by atoms with Gasteiger partial charge in [-0.25, -0.2) is 0 Å². The van der Waals surface area contributed by atoms with E-state index in [4.69, 9.17) is 4.74 Å². The van der Waals surface area contributed by atoms with Crippen molar-refractivity contribution in [3.8, 4) is 5.75 Å². The molecule has 2 atom stereocenters. The number of benzene rings is 3. The molecule has 0 fully saturated rings. The minimum atomic E-state index is -0.601. The van der Waals surface area contributed by atoms with Crippen molar-refractivity contribution in [2.24, 2.45) is 0 Å². The molecule has 6 nitrogen and oxygen atoms in total. The number of nitrogens with zero attached hydrogens (tertiary/aromatic N) is 1. The Balaban J connectivity index is 1.74. The Hall–Kier alpha value is -2.90. The molecule has 1 aliphatic rings. The highest BCUT2D eigenvalue weighted by atomic mass is 79.9. The number of nitrogens with one attached hydrogen (secondary N) is 2. The molecule has 3 aromatic carbocycles. The van der Waals surface area contributed by atoms with Crippen molar-refractivity contribution in [3.63, 3.8) is 0 Å². The van der Waals surface area contributed by atoms with Gasteiger partial charge in [0.25, 0.3) is 0 Å². The molecule has 1 heterocycles.